The van der Waals surface area contributed by atoms with Gasteiger partial charge in [-0.15, -0.1) is 0 Å². The maximum Gasteiger partial charge on any atom is 0.0708 e. The molecule has 5 heteroatoms. The normalized spacial score (nSPS) is 25.1. The van der Waals surface area contributed by atoms with E-state index < -0.39 is 0 Å². The second-order valence-corrected chi connectivity index (χ2v) is 6.49. The maximum absolute atomic E-state index is 5.79. The average Bonchev–Trinajstić information content (AvgIpc) is 2.76. The summed E-state index contributed by atoms with van der Waals surface area (Å²) in [6.07, 6.45) is 5.61. The van der Waals surface area contributed by atoms with Crippen LogP contribution in [0.1, 0.15) is 44.8 Å². The smallest absolute Gasteiger partial charge is 0.0708 e. The zero-order chi connectivity index (χ0) is 12.6. The summed E-state index contributed by atoms with van der Waals surface area (Å²) in [5, 5.41) is 4.28. The van der Waals surface area contributed by atoms with Crippen LogP contribution in [0.5, 0.6) is 0 Å². The largest absolute Gasteiger partial charge is 0.271 e. The summed E-state index contributed by atoms with van der Waals surface area (Å²) in [4.78, 5) is 0. The van der Waals surface area contributed by atoms with E-state index in [1.807, 2.05) is 17.9 Å². The van der Waals surface area contributed by atoms with Crippen LogP contribution in [0.3, 0.4) is 0 Å². The van der Waals surface area contributed by atoms with Gasteiger partial charge in [0.2, 0.25) is 0 Å². The lowest BCUT2D eigenvalue weighted by Crippen LogP contribution is -2.39. The first-order chi connectivity index (χ1) is 7.97. The van der Waals surface area contributed by atoms with Crippen LogP contribution in [-0.2, 0) is 7.05 Å². The second kappa shape index (κ2) is 4.71. The molecule has 0 saturated heterocycles. The minimum atomic E-state index is 0.161. The van der Waals surface area contributed by atoms with E-state index >= 15 is 0 Å². The molecule has 1 saturated carbocycles. The molecule has 0 amide bonds. The molecule has 96 valence electrons. The number of aryl methyl sites for hydroxylation is 1. The number of aromatic nitrogens is 2. The average molecular weight is 301 g/mol. The van der Waals surface area contributed by atoms with E-state index in [-0.39, 0.29) is 6.04 Å². The molecular formula is C12H21BrN4. The van der Waals surface area contributed by atoms with Crippen molar-refractivity contribution in [2.75, 3.05) is 0 Å². The van der Waals surface area contributed by atoms with Gasteiger partial charge in [0.05, 0.1) is 22.4 Å². The van der Waals surface area contributed by atoms with Crippen molar-refractivity contribution in [3.8, 4) is 0 Å². The van der Waals surface area contributed by atoms with E-state index in [4.69, 9.17) is 5.84 Å². The van der Waals surface area contributed by atoms with Gasteiger partial charge in [-0.1, -0.05) is 20.3 Å². The van der Waals surface area contributed by atoms with Gasteiger partial charge in [0.15, 0.2) is 0 Å². The third-order valence-electron chi connectivity index (χ3n) is 4.15. The molecule has 0 bridgehead atoms. The molecule has 17 heavy (non-hydrogen) atoms. The first-order valence-corrected chi connectivity index (χ1v) is 6.90. The molecule has 4 nitrogen and oxygen atoms in total. The highest BCUT2D eigenvalue weighted by molar-refractivity contribution is 9.10. The highest BCUT2D eigenvalue weighted by Crippen LogP contribution is 2.49. The predicted octanol–water partition coefficient (Wildman–Crippen LogP) is 2.51. The molecule has 0 radical (unpaired) electrons. The van der Waals surface area contributed by atoms with Crippen LogP contribution < -0.4 is 11.3 Å². The van der Waals surface area contributed by atoms with Crippen LogP contribution in [-0.4, -0.2) is 9.78 Å². The summed E-state index contributed by atoms with van der Waals surface area (Å²) in [7, 11) is 1.96. The fraction of sp³-hybridized carbons (Fsp3) is 0.750. The van der Waals surface area contributed by atoms with Crippen LogP contribution in [0.4, 0.5) is 0 Å². The molecule has 1 aromatic rings. The molecule has 1 aliphatic carbocycles. The summed E-state index contributed by atoms with van der Waals surface area (Å²) in [6.45, 7) is 4.67. The van der Waals surface area contributed by atoms with Crippen LogP contribution >= 0.6 is 15.9 Å². The van der Waals surface area contributed by atoms with E-state index in [2.05, 4.69) is 40.3 Å². The number of hydrogen-bond acceptors (Lipinski definition) is 3. The predicted molar refractivity (Wildman–Crippen MR) is 72.1 cm³/mol. The van der Waals surface area contributed by atoms with E-state index in [9.17, 15) is 0 Å². The lowest BCUT2D eigenvalue weighted by atomic mass is 9.77. The topological polar surface area (TPSA) is 55.9 Å². The van der Waals surface area contributed by atoms with Crippen LogP contribution in [0, 0.1) is 11.3 Å². The molecule has 3 N–H and O–H groups in total. The van der Waals surface area contributed by atoms with E-state index in [0.29, 0.717) is 11.3 Å². The van der Waals surface area contributed by atoms with Crippen molar-refractivity contribution < 1.29 is 0 Å². The van der Waals surface area contributed by atoms with E-state index in [1.54, 1.807) is 0 Å². The summed E-state index contributed by atoms with van der Waals surface area (Å²) in [5.74, 6) is 6.35. The van der Waals surface area contributed by atoms with Gasteiger partial charge in [0.1, 0.15) is 0 Å². The molecule has 1 heterocycles. The van der Waals surface area contributed by atoms with Crippen molar-refractivity contribution in [3.63, 3.8) is 0 Å². The SMILES string of the molecule is Cn1ncc(Br)c1C(NN)C1CCCC1(C)C. The molecule has 1 aliphatic rings. The van der Waals surface area contributed by atoms with Gasteiger partial charge in [-0.05, 0) is 40.1 Å². The van der Waals surface area contributed by atoms with Crippen molar-refractivity contribution in [3.05, 3.63) is 16.4 Å². The first kappa shape index (κ1) is 13.1. The number of hydrazine groups is 1. The van der Waals surface area contributed by atoms with Crippen LogP contribution in [0.2, 0.25) is 0 Å². The highest BCUT2D eigenvalue weighted by Gasteiger charge is 2.41. The van der Waals surface area contributed by atoms with Gasteiger partial charge in [0.25, 0.3) is 0 Å². The monoisotopic (exact) mass is 300 g/mol. The minimum Gasteiger partial charge on any atom is -0.271 e. The lowest BCUT2D eigenvalue weighted by molar-refractivity contribution is 0.192. The van der Waals surface area contributed by atoms with Gasteiger partial charge in [-0.3, -0.25) is 16.0 Å². The lowest BCUT2D eigenvalue weighted by Gasteiger charge is -2.34. The van der Waals surface area contributed by atoms with Crippen molar-refractivity contribution in [1.82, 2.24) is 15.2 Å². The summed E-state index contributed by atoms with van der Waals surface area (Å²) in [6, 6.07) is 0.161. The molecule has 2 rings (SSSR count). The van der Waals surface area contributed by atoms with E-state index in [1.165, 1.54) is 19.3 Å². The van der Waals surface area contributed by atoms with Crippen LogP contribution in [0.25, 0.3) is 0 Å². The summed E-state index contributed by atoms with van der Waals surface area (Å²) in [5.41, 5.74) is 4.47. The molecule has 1 fully saturated rings. The third-order valence-corrected chi connectivity index (χ3v) is 4.77. The summed E-state index contributed by atoms with van der Waals surface area (Å²) >= 11 is 3.56. The van der Waals surface area contributed by atoms with Gasteiger partial charge >= 0.3 is 0 Å². The molecule has 1 aromatic heterocycles. The Labute approximate surface area is 111 Å². The molecular weight excluding hydrogens is 280 g/mol. The molecule has 2 atom stereocenters. The fourth-order valence-electron chi connectivity index (χ4n) is 3.13. The fourth-order valence-corrected chi connectivity index (χ4v) is 3.72. The Kier molecular flexibility index (Phi) is 3.61. The Balaban J connectivity index is 2.34. The van der Waals surface area contributed by atoms with Gasteiger partial charge < -0.3 is 0 Å². The van der Waals surface area contributed by atoms with Crippen molar-refractivity contribution >= 4 is 15.9 Å². The zero-order valence-electron chi connectivity index (χ0n) is 10.7. The highest BCUT2D eigenvalue weighted by atomic mass is 79.9. The Morgan fingerprint density at radius 1 is 1.65 bits per heavy atom. The van der Waals surface area contributed by atoms with Crippen molar-refractivity contribution in [2.24, 2.45) is 24.2 Å². The molecule has 0 spiro atoms. The van der Waals surface area contributed by atoms with Crippen molar-refractivity contribution in [2.45, 2.75) is 39.2 Å². The van der Waals surface area contributed by atoms with Crippen molar-refractivity contribution in [1.29, 1.82) is 0 Å². The Morgan fingerprint density at radius 3 is 2.76 bits per heavy atom. The Bertz CT molecular complexity index is 380. The maximum atomic E-state index is 5.79. The number of nitrogens with two attached hydrogens (primary N) is 1. The van der Waals surface area contributed by atoms with Gasteiger partial charge in [-0.25, -0.2) is 0 Å². The summed E-state index contributed by atoms with van der Waals surface area (Å²) < 4.78 is 2.94. The van der Waals surface area contributed by atoms with Crippen LogP contribution in [0.15, 0.2) is 10.7 Å². The molecule has 0 aromatic carbocycles. The Hall–Kier alpha value is -0.390. The Morgan fingerprint density at radius 2 is 2.35 bits per heavy atom. The second-order valence-electron chi connectivity index (χ2n) is 5.63. The third kappa shape index (κ3) is 2.28. The number of nitrogens with zero attached hydrogens (tertiary/aromatic N) is 2. The number of halogens is 1. The first-order valence-electron chi connectivity index (χ1n) is 6.11. The molecule has 2 unspecified atom stereocenters. The zero-order valence-corrected chi connectivity index (χ0v) is 12.3. The minimum absolute atomic E-state index is 0.161. The standard InChI is InChI=1S/C12H21BrN4/c1-12(2)6-4-5-8(12)10(16-14)11-9(13)7-15-17(11)3/h7-8,10,16H,4-6,14H2,1-3H3. The van der Waals surface area contributed by atoms with Gasteiger partial charge in [0, 0.05) is 7.05 Å². The molecule has 0 aliphatic heterocycles. The number of rotatable bonds is 3. The van der Waals surface area contributed by atoms with Gasteiger partial charge in [-0.2, -0.15) is 5.10 Å². The number of nitrogens with one attached hydrogen (secondary N) is 1. The van der Waals surface area contributed by atoms with E-state index in [0.717, 1.165) is 10.2 Å². The quantitative estimate of drug-likeness (QED) is 0.666. The number of hydrogen-bond donors (Lipinski definition) is 2.